The molecule has 0 saturated heterocycles. The molecule has 0 aromatic carbocycles. The zero-order chi connectivity index (χ0) is 11.8. The maximum absolute atomic E-state index is 10.8. The highest BCUT2D eigenvalue weighted by molar-refractivity contribution is 6.49. The average Bonchev–Trinajstić information content (AvgIpc) is 2.97. The molecule has 7 nitrogen and oxygen atoms in total. The number of nitrogens with zero attached hydrogens (tertiary/aromatic N) is 3. The molecule has 3 N–H and O–H groups in total. The molecule has 0 saturated carbocycles. The zero-order valence-corrected chi connectivity index (χ0v) is 9.64. The fourth-order valence-electron chi connectivity index (χ4n) is 1.73. The first-order valence-electron chi connectivity index (χ1n) is 4.89. The number of hydrogen-bond donors (Lipinski definition) is 3. The van der Waals surface area contributed by atoms with E-state index in [1.165, 1.54) is 0 Å². The largest absolute Gasteiger partial charge is 0.347 e. The number of aromatic amines is 2. The summed E-state index contributed by atoms with van der Waals surface area (Å²) in [6.07, 6.45) is 5.51. The molecule has 17 heavy (non-hydrogen) atoms. The number of aromatic nitrogens is 5. The molecule has 84 valence electrons. The lowest BCUT2D eigenvalue weighted by atomic mass is 10.6. The molecular weight excluding hydrogens is 236 g/mol. The Labute approximate surface area is 96.3 Å². The van der Waals surface area contributed by atoms with E-state index in [0.29, 0.717) is 28.2 Å². The number of rotatable bonds is 2. The van der Waals surface area contributed by atoms with Crippen molar-refractivity contribution in [1.29, 1.82) is 5.41 Å². The first-order chi connectivity index (χ1) is 8.31. The standard InChI is InChI=1S/C9H8N6OSi/c10-8-7-9(13-4-12-7)14-5-17(8)15-2-1-11-6(15)3-16/h1-5,10,14H,(H,12,13). The Morgan fingerprint density at radius 3 is 3.12 bits per heavy atom. The molecule has 8 heteroatoms. The molecule has 0 aliphatic carbocycles. The highest BCUT2D eigenvalue weighted by Gasteiger charge is 2.10. The molecular formula is C9H8N6OSi. The third kappa shape index (κ3) is 1.38. The van der Waals surface area contributed by atoms with Gasteiger partial charge in [0.05, 0.1) is 11.3 Å². The average molecular weight is 244 g/mol. The summed E-state index contributed by atoms with van der Waals surface area (Å²) in [5, 5.41) is 8.13. The van der Waals surface area contributed by atoms with E-state index in [4.69, 9.17) is 5.41 Å². The zero-order valence-electron chi connectivity index (χ0n) is 8.64. The van der Waals surface area contributed by atoms with Crippen LogP contribution in [0.5, 0.6) is 0 Å². The summed E-state index contributed by atoms with van der Waals surface area (Å²) in [6, 6.07) is 0. The fourth-order valence-corrected chi connectivity index (χ4v) is 3.56. The minimum Gasteiger partial charge on any atom is -0.347 e. The molecule has 3 aromatic rings. The second-order valence-corrected chi connectivity index (χ2v) is 5.49. The molecule has 0 unspecified atom stereocenters. The highest BCUT2D eigenvalue weighted by Crippen LogP contribution is 1.99. The molecule has 0 fully saturated rings. The monoisotopic (exact) mass is 244 g/mol. The summed E-state index contributed by atoms with van der Waals surface area (Å²) in [5.41, 5.74) is 1.32. The van der Waals surface area contributed by atoms with Gasteiger partial charge in [0.1, 0.15) is 5.52 Å². The van der Waals surface area contributed by atoms with Gasteiger partial charge in [0.15, 0.2) is 17.8 Å². The Balaban J connectivity index is 2.34. The predicted molar refractivity (Wildman–Crippen MR) is 60.7 cm³/mol. The minimum absolute atomic E-state index is 0.338. The van der Waals surface area contributed by atoms with Crippen molar-refractivity contribution in [3.63, 3.8) is 0 Å². The van der Waals surface area contributed by atoms with Crippen molar-refractivity contribution >= 4 is 26.0 Å². The van der Waals surface area contributed by atoms with Crippen LogP contribution < -0.4 is 4.97 Å². The minimum atomic E-state index is -1.49. The van der Waals surface area contributed by atoms with Gasteiger partial charge in [0.2, 0.25) is 8.56 Å². The third-order valence-corrected chi connectivity index (χ3v) is 4.60. The first-order valence-corrected chi connectivity index (χ1v) is 6.42. The molecule has 0 amide bonds. The van der Waals surface area contributed by atoms with E-state index in [0.717, 1.165) is 0 Å². The first kappa shape index (κ1) is 9.84. The Kier molecular flexibility index (Phi) is 2.08. The molecule has 0 spiro atoms. The maximum atomic E-state index is 10.8. The molecule has 0 radical (unpaired) electrons. The number of fused-ring (bicyclic) bond motifs is 1. The van der Waals surface area contributed by atoms with E-state index >= 15 is 0 Å². The molecule has 0 aliphatic rings. The Bertz CT molecular complexity index is 754. The van der Waals surface area contributed by atoms with Crippen molar-refractivity contribution in [1.82, 2.24) is 24.2 Å². The van der Waals surface area contributed by atoms with Gasteiger partial charge in [0.25, 0.3) is 0 Å². The van der Waals surface area contributed by atoms with Crippen molar-refractivity contribution in [2.45, 2.75) is 0 Å². The number of carbonyl (C=O) groups excluding carboxylic acids is 1. The normalized spacial score (nSPS) is 10.8. The van der Waals surface area contributed by atoms with Crippen LogP contribution in [0.3, 0.4) is 0 Å². The second kappa shape index (κ2) is 3.59. The van der Waals surface area contributed by atoms with E-state index in [9.17, 15) is 4.79 Å². The van der Waals surface area contributed by atoms with E-state index in [1.54, 1.807) is 23.0 Å². The molecule has 0 bridgehead atoms. The Morgan fingerprint density at radius 2 is 2.29 bits per heavy atom. The van der Waals surface area contributed by atoms with Gasteiger partial charge in [-0.1, -0.05) is 0 Å². The Hall–Kier alpha value is -2.35. The van der Waals surface area contributed by atoms with Gasteiger partial charge >= 0.3 is 0 Å². The van der Waals surface area contributed by atoms with E-state index in [-0.39, 0.29) is 0 Å². The van der Waals surface area contributed by atoms with Crippen molar-refractivity contribution in [2.24, 2.45) is 0 Å². The van der Waals surface area contributed by atoms with Gasteiger partial charge in [-0.3, -0.25) is 4.79 Å². The van der Waals surface area contributed by atoms with E-state index in [2.05, 4.69) is 19.9 Å². The number of H-pyrrole nitrogens is 2. The lowest BCUT2D eigenvalue weighted by Gasteiger charge is -2.03. The summed E-state index contributed by atoms with van der Waals surface area (Å²) in [4.78, 5) is 25.2. The van der Waals surface area contributed by atoms with Gasteiger partial charge in [-0.25, -0.2) is 9.97 Å². The lowest BCUT2D eigenvalue weighted by molar-refractivity contribution is 0.111. The van der Waals surface area contributed by atoms with Crippen LogP contribution in [-0.4, -0.2) is 39.0 Å². The molecule has 0 aliphatic heterocycles. The van der Waals surface area contributed by atoms with E-state index in [1.807, 2.05) is 5.81 Å². The highest BCUT2D eigenvalue weighted by atomic mass is 28.2. The van der Waals surface area contributed by atoms with Gasteiger partial charge in [-0.05, 0) is 0 Å². The van der Waals surface area contributed by atoms with Crippen LogP contribution in [0.25, 0.3) is 11.2 Å². The molecule has 3 rings (SSSR count). The third-order valence-electron chi connectivity index (χ3n) is 2.53. The predicted octanol–water partition coefficient (Wildman–Crippen LogP) is -0.283. The van der Waals surface area contributed by atoms with Crippen molar-refractivity contribution in [3.05, 3.63) is 35.3 Å². The van der Waals surface area contributed by atoms with Crippen molar-refractivity contribution < 1.29 is 4.79 Å². The van der Waals surface area contributed by atoms with E-state index < -0.39 is 8.56 Å². The summed E-state index contributed by atoms with van der Waals surface area (Å²) in [6.45, 7) is 0. The van der Waals surface area contributed by atoms with Crippen LogP contribution in [0.15, 0.2) is 24.5 Å². The number of aldehydes is 1. The van der Waals surface area contributed by atoms with Gasteiger partial charge in [-0.15, -0.1) is 0 Å². The van der Waals surface area contributed by atoms with Crippen molar-refractivity contribution in [3.8, 4) is 0 Å². The van der Waals surface area contributed by atoms with Crippen LogP contribution in [0.1, 0.15) is 10.6 Å². The summed E-state index contributed by atoms with van der Waals surface area (Å²) >= 11 is 0. The quantitative estimate of drug-likeness (QED) is 0.426. The summed E-state index contributed by atoms with van der Waals surface area (Å²) in [5.74, 6) is 2.15. The SMILES string of the molecule is N=c1c2[nH]cnc2[nH]c[si]1-n1ccnc1C=O. The topological polar surface area (TPSA) is 103 Å². The van der Waals surface area contributed by atoms with Gasteiger partial charge < -0.3 is 19.6 Å². The molecule has 0 atom stereocenters. The van der Waals surface area contributed by atoms with Gasteiger partial charge in [-0.2, -0.15) is 0 Å². The Morgan fingerprint density at radius 1 is 1.41 bits per heavy atom. The number of hydrogen-bond acceptors (Lipinski definition) is 4. The number of imidazole rings is 2. The second-order valence-electron chi connectivity index (χ2n) is 3.45. The van der Waals surface area contributed by atoms with Gasteiger partial charge in [0, 0.05) is 18.2 Å². The van der Waals surface area contributed by atoms with Crippen LogP contribution in [0.2, 0.25) is 0 Å². The summed E-state index contributed by atoms with van der Waals surface area (Å²) < 4.78 is 1.73. The van der Waals surface area contributed by atoms with Crippen LogP contribution in [-0.2, 0) is 0 Å². The number of carbonyl (C=O) groups is 1. The van der Waals surface area contributed by atoms with Crippen LogP contribution >= 0.6 is 0 Å². The van der Waals surface area contributed by atoms with Crippen LogP contribution in [0, 0.1) is 5.41 Å². The molecule has 3 heterocycles. The molecule has 3 aromatic heterocycles. The smallest absolute Gasteiger partial charge is 0.211 e. The lowest BCUT2D eigenvalue weighted by Crippen LogP contribution is -2.29. The van der Waals surface area contributed by atoms with Crippen molar-refractivity contribution in [2.75, 3.05) is 0 Å². The summed E-state index contributed by atoms with van der Waals surface area (Å²) in [7, 11) is -1.49. The maximum Gasteiger partial charge on any atom is 0.211 e. The fraction of sp³-hybridized carbons (Fsp3) is 0. The van der Waals surface area contributed by atoms with Crippen LogP contribution in [0.4, 0.5) is 0 Å². The number of nitrogens with one attached hydrogen (secondary N) is 3.